The molecule has 192 valence electrons. The Morgan fingerprint density at radius 2 is 2.08 bits per heavy atom. The summed E-state index contributed by atoms with van der Waals surface area (Å²) in [5.41, 5.74) is 3.06. The Bertz CT molecular complexity index is 1250. The minimum Gasteiger partial charge on any atom is -0.497 e. The molecule has 0 saturated carbocycles. The largest absolute Gasteiger partial charge is 0.497 e. The Hall–Kier alpha value is -2.65. The molecule has 5 rings (SSSR count). The predicted octanol–water partition coefficient (Wildman–Crippen LogP) is 4.59. The van der Waals surface area contributed by atoms with Crippen molar-refractivity contribution in [3.8, 4) is 11.5 Å². The number of carbonyl (C=O) groups is 1. The Kier molecular flexibility index (Phi) is 8.51. The number of anilines is 1. The topological polar surface area (TPSA) is 75.7 Å². The molecule has 0 radical (unpaired) electrons. The Labute approximate surface area is 220 Å². The number of piperidine rings is 1. The summed E-state index contributed by atoms with van der Waals surface area (Å²) in [6.07, 6.45) is 4.32. The van der Waals surface area contributed by atoms with Gasteiger partial charge in [-0.15, -0.1) is 12.4 Å². The second-order valence-electron chi connectivity index (χ2n) is 9.00. The van der Waals surface area contributed by atoms with E-state index < -0.39 is 5.82 Å². The van der Waals surface area contributed by atoms with Gasteiger partial charge in [0, 0.05) is 36.8 Å². The second-order valence-corrected chi connectivity index (χ2v) is 9.41. The highest BCUT2D eigenvalue weighted by Gasteiger charge is 2.21. The van der Waals surface area contributed by atoms with Crippen molar-refractivity contribution >= 4 is 46.5 Å². The average molecular weight is 535 g/mol. The molecule has 0 bridgehead atoms. The van der Waals surface area contributed by atoms with Crippen LogP contribution in [0.1, 0.15) is 24.0 Å². The van der Waals surface area contributed by atoms with E-state index in [1.807, 2.05) is 18.2 Å². The fourth-order valence-electron chi connectivity index (χ4n) is 4.77. The molecule has 2 aliphatic heterocycles. The summed E-state index contributed by atoms with van der Waals surface area (Å²) in [4.78, 5) is 18.2. The number of hydrogen-bond donors (Lipinski definition) is 2. The van der Waals surface area contributed by atoms with Gasteiger partial charge in [-0.3, -0.25) is 9.78 Å². The lowest BCUT2D eigenvalue weighted by atomic mass is 10.0. The molecular weight excluding hydrogens is 506 g/mol. The lowest BCUT2D eigenvalue weighted by Crippen LogP contribution is -2.42. The number of methoxy groups -OCH3 is 1. The highest BCUT2D eigenvalue weighted by Crippen LogP contribution is 2.31. The van der Waals surface area contributed by atoms with Crippen molar-refractivity contribution in [2.24, 2.45) is 0 Å². The average Bonchev–Trinajstić information content (AvgIpc) is 2.87. The van der Waals surface area contributed by atoms with Gasteiger partial charge >= 0.3 is 0 Å². The van der Waals surface area contributed by atoms with Crippen molar-refractivity contribution in [2.45, 2.75) is 31.8 Å². The lowest BCUT2D eigenvalue weighted by Gasteiger charge is -2.32. The van der Waals surface area contributed by atoms with Gasteiger partial charge in [0.1, 0.15) is 17.0 Å². The van der Waals surface area contributed by atoms with Gasteiger partial charge in [0.05, 0.1) is 17.8 Å². The number of rotatable bonds is 7. The summed E-state index contributed by atoms with van der Waals surface area (Å²) in [5, 5.41) is 7.75. The number of nitrogens with one attached hydrogen (secondary N) is 2. The third-order valence-corrected chi connectivity index (χ3v) is 7.06. The highest BCUT2D eigenvalue weighted by atomic mass is 35.5. The van der Waals surface area contributed by atoms with Gasteiger partial charge in [-0.25, -0.2) is 4.39 Å². The van der Waals surface area contributed by atoms with Crippen LogP contribution in [0.4, 0.5) is 10.1 Å². The van der Waals surface area contributed by atoms with E-state index >= 15 is 0 Å². The number of pyridine rings is 1. The molecule has 0 spiro atoms. The molecule has 3 heterocycles. The van der Waals surface area contributed by atoms with E-state index in [-0.39, 0.29) is 24.9 Å². The zero-order valence-corrected chi connectivity index (χ0v) is 21.6. The fraction of sp³-hybridized carbons (Fsp3) is 0.385. The number of hydrogen-bond acceptors (Lipinski definition) is 6. The summed E-state index contributed by atoms with van der Waals surface area (Å²) < 4.78 is 25.1. The Balaban J connectivity index is 0.00000304. The standard InChI is InChI=1S/C26H28ClFN4O3.ClH/c1-34-18-11-20-19(21(27)14-30-26(20)22(28)12-18)6-9-32-7-4-17(5-8-32)29-13-16-2-3-24-23(10-16)31-25(33)15-35-24;/h2-3,10-12,14,17,29H,4-9,13,15H2,1H3,(H,31,33);1H. The molecule has 1 saturated heterocycles. The van der Waals surface area contributed by atoms with Crippen molar-refractivity contribution < 1.29 is 18.7 Å². The van der Waals surface area contributed by atoms with Crippen molar-refractivity contribution in [2.75, 3.05) is 38.7 Å². The zero-order valence-electron chi connectivity index (χ0n) is 20.0. The molecule has 10 heteroatoms. The first-order chi connectivity index (χ1) is 17.0. The molecule has 3 aromatic rings. The minimum absolute atomic E-state index is 0. The second kappa shape index (κ2) is 11.6. The van der Waals surface area contributed by atoms with Crippen molar-refractivity contribution in [1.82, 2.24) is 15.2 Å². The zero-order chi connectivity index (χ0) is 24.4. The van der Waals surface area contributed by atoms with Crippen LogP contribution in [0.15, 0.2) is 36.5 Å². The first kappa shape index (κ1) is 26.4. The maximum atomic E-state index is 14.5. The maximum Gasteiger partial charge on any atom is 0.262 e. The van der Waals surface area contributed by atoms with Gasteiger partial charge < -0.3 is 25.0 Å². The van der Waals surface area contributed by atoms with E-state index in [9.17, 15) is 9.18 Å². The highest BCUT2D eigenvalue weighted by molar-refractivity contribution is 6.32. The van der Waals surface area contributed by atoms with Crippen LogP contribution in [0.25, 0.3) is 10.9 Å². The van der Waals surface area contributed by atoms with E-state index in [1.165, 1.54) is 19.4 Å². The van der Waals surface area contributed by atoms with Crippen LogP contribution in [0.5, 0.6) is 11.5 Å². The van der Waals surface area contributed by atoms with Crippen LogP contribution < -0.4 is 20.1 Å². The van der Waals surface area contributed by atoms with Crippen LogP contribution >= 0.6 is 24.0 Å². The lowest BCUT2D eigenvalue weighted by molar-refractivity contribution is -0.118. The van der Waals surface area contributed by atoms with E-state index in [4.69, 9.17) is 21.1 Å². The number of nitrogens with zero attached hydrogens (tertiary/aromatic N) is 2. The monoisotopic (exact) mass is 534 g/mol. The van der Waals surface area contributed by atoms with Crippen molar-refractivity contribution in [1.29, 1.82) is 0 Å². The molecule has 1 aromatic heterocycles. The van der Waals surface area contributed by atoms with Crippen LogP contribution in [0, 0.1) is 5.82 Å². The molecule has 2 aliphatic rings. The third kappa shape index (κ3) is 5.83. The maximum absolute atomic E-state index is 14.5. The smallest absolute Gasteiger partial charge is 0.262 e. The quantitative estimate of drug-likeness (QED) is 0.461. The number of benzene rings is 2. The van der Waals surface area contributed by atoms with Gasteiger partial charge in [-0.05, 0) is 61.7 Å². The first-order valence-corrected chi connectivity index (χ1v) is 12.2. The van der Waals surface area contributed by atoms with Crippen molar-refractivity contribution in [3.63, 3.8) is 0 Å². The summed E-state index contributed by atoms with van der Waals surface area (Å²) in [6, 6.07) is 9.48. The summed E-state index contributed by atoms with van der Waals surface area (Å²) >= 11 is 6.46. The third-order valence-electron chi connectivity index (χ3n) is 6.73. The summed E-state index contributed by atoms with van der Waals surface area (Å²) in [7, 11) is 1.52. The molecule has 0 aliphatic carbocycles. The van der Waals surface area contributed by atoms with Gasteiger partial charge in [0.25, 0.3) is 5.91 Å². The van der Waals surface area contributed by atoms with Gasteiger partial charge in [0.2, 0.25) is 0 Å². The van der Waals surface area contributed by atoms with E-state index in [1.54, 1.807) is 6.07 Å². The molecule has 1 amide bonds. The normalized spacial score (nSPS) is 16.1. The Morgan fingerprint density at radius 1 is 1.28 bits per heavy atom. The molecule has 2 N–H and O–H groups in total. The van der Waals surface area contributed by atoms with E-state index in [0.29, 0.717) is 39.9 Å². The number of amides is 1. The first-order valence-electron chi connectivity index (χ1n) is 11.8. The molecule has 7 nitrogen and oxygen atoms in total. The minimum atomic E-state index is -0.405. The molecule has 36 heavy (non-hydrogen) atoms. The fourth-order valence-corrected chi connectivity index (χ4v) is 5.01. The summed E-state index contributed by atoms with van der Waals surface area (Å²) in [6.45, 7) is 3.60. The van der Waals surface area contributed by atoms with Crippen LogP contribution in [0.2, 0.25) is 5.02 Å². The van der Waals surface area contributed by atoms with Gasteiger partial charge in [0.15, 0.2) is 12.4 Å². The number of carbonyl (C=O) groups excluding carboxylic acids is 1. The predicted molar refractivity (Wildman–Crippen MR) is 141 cm³/mol. The van der Waals surface area contributed by atoms with Crippen LogP contribution in [-0.2, 0) is 17.8 Å². The Morgan fingerprint density at radius 3 is 2.86 bits per heavy atom. The van der Waals surface area contributed by atoms with Gasteiger partial charge in [-0.2, -0.15) is 0 Å². The summed E-state index contributed by atoms with van der Waals surface area (Å²) in [5.74, 6) is 0.643. The van der Waals surface area contributed by atoms with E-state index in [0.717, 1.165) is 55.8 Å². The molecule has 2 aromatic carbocycles. The number of likely N-dealkylation sites (tertiary alicyclic amines) is 1. The number of halogens is 3. The molecule has 0 atom stereocenters. The molecule has 0 unspecified atom stereocenters. The number of fused-ring (bicyclic) bond motifs is 2. The number of aromatic nitrogens is 1. The van der Waals surface area contributed by atoms with Crippen molar-refractivity contribution in [3.05, 3.63) is 58.5 Å². The molecule has 1 fully saturated rings. The van der Waals surface area contributed by atoms with Crippen LogP contribution in [-0.4, -0.2) is 55.2 Å². The number of ether oxygens (including phenoxy) is 2. The SMILES string of the molecule is COc1cc(F)c2ncc(Cl)c(CCN3CCC(NCc4ccc5c(c4)NC(=O)CO5)CC3)c2c1.Cl. The van der Waals surface area contributed by atoms with Gasteiger partial charge in [-0.1, -0.05) is 17.7 Å². The molecular formula is C26H29Cl2FN4O3. The van der Waals surface area contributed by atoms with Crippen LogP contribution in [0.3, 0.4) is 0 Å². The van der Waals surface area contributed by atoms with E-state index in [2.05, 4.69) is 20.5 Å².